The molecule has 1 aliphatic rings. The lowest BCUT2D eigenvalue weighted by atomic mass is 10.1. The van der Waals surface area contributed by atoms with E-state index in [1.165, 1.54) is 11.1 Å². The molecule has 0 atom stereocenters. The maximum absolute atomic E-state index is 11.7. The maximum atomic E-state index is 11.7. The predicted molar refractivity (Wildman–Crippen MR) is 63.2 cm³/mol. The zero-order valence-electron chi connectivity index (χ0n) is 9.38. The summed E-state index contributed by atoms with van der Waals surface area (Å²) in [7, 11) is 0. The van der Waals surface area contributed by atoms with Gasteiger partial charge in [0, 0.05) is 5.71 Å². The lowest BCUT2D eigenvalue weighted by Crippen LogP contribution is -2.21. The summed E-state index contributed by atoms with van der Waals surface area (Å²) >= 11 is 0. The Hall–Kier alpha value is -2.17. The van der Waals surface area contributed by atoms with E-state index >= 15 is 0 Å². The van der Waals surface area contributed by atoms with Gasteiger partial charge in [0.1, 0.15) is 0 Å². The zero-order valence-corrected chi connectivity index (χ0v) is 9.38. The highest BCUT2D eigenvalue weighted by molar-refractivity contribution is 6.14. The number of carbonyl (C=O) groups is 2. The van der Waals surface area contributed by atoms with Gasteiger partial charge >= 0.3 is 5.97 Å². The molecule has 0 saturated carbocycles. The molecule has 17 heavy (non-hydrogen) atoms. The average molecular weight is 232 g/mol. The van der Waals surface area contributed by atoms with Crippen molar-refractivity contribution in [1.82, 2.24) is 0 Å². The smallest absolute Gasteiger partial charge is 0.337 e. The van der Waals surface area contributed by atoms with Gasteiger partial charge in [-0.25, -0.2) is 4.79 Å². The van der Waals surface area contributed by atoms with Crippen LogP contribution >= 0.6 is 0 Å². The van der Waals surface area contributed by atoms with Crippen molar-refractivity contribution in [2.75, 3.05) is 5.01 Å². The van der Waals surface area contributed by atoms with Crippen LogP contribution in [-0.4, -0.2) is 22.7 Å². The number of carboxylic acid groups (broad SMARTS) is 1. The van der Waals surface area contributed by atoms with Gasteiger partial charge < -0.3 is 5.11 Å². The summed E-state index contributed by atoms with van der Waals surface area (Å²) in [5, 5.41) is 14.4. The number of benzene rings is 1. The molecule has 1 heterocycles. The summed E-state index contributed by atoms with van der Waals surface area (Å²) in [6.07, 6.45) is 0.960. The summed E-state index contributed by atoms with van der Waals surface area (Å²) in [4.78, 5) is 22.8. The van der Waals surface area contributed by atoms with Crippen LogP contribution in [-0.2, 0) is 4.79 Å². The number of aromatic carboxylic acids is 1. The molecule has 1 aromatic rings. The Kier molecular flexibility index (Phi) is 2.91. The van der Waals surface area contributed by atoms with Crippen LogP contribution < -0.4 is 5.01 Å². The first-order valence-corrected chi connectivity index (χ1v) is 5.35. The predicted octanol–water partition coefficient (Wildman–Crippen LogP) is 1.89. The minimum atomic E-state index is -1.06. The minimum absolute atomic E-state index is 0.0851. The van der Waals surface area contributed by atoms with Crippen LogP contribution in [0.2, 0.25) is 0 Å². The van der Waals surface area contributed by atoms with E-state index in [4.69, 9.17) is 5.11 Å². The number of nitrogens with zero attached hydrogens (tertiary/aromatic N) is 2. The number of amides is 1. The topological polar surface area (TPSA) is 70.0 Å². The molecule has 1 aliphatic heterocycles. The fourth-order valence-corrected chi connectivity index (χ4v) is 1.71. The quantitative estimate of drug-likeness (QED) is 0.865. The van der Waals surface area contributed by atoms with Crippen LogP contribution in [0.15, 0.2) is 29.4 Å². The highest BCUT2D eigenvalue weighted by Crippen LogP contribution is 2.25. The molecule has 0 fully saturated rings. The molecule has 0 bridgehead atoms. The molecule has 0 aromatic heterocycles. The van der Waals surface area contributed by atoms with Gasteiger partial charge in [0.05, 0.1) is 17.7 Å². The second kappa shape index (κ2) is 4.37. The average Bonchev–Trinajstić information content (AvgIpc) is 2.70. The lowest BCUT2D eigenvalue weighted by molar-refractivity contribution is -0.116. The van der Waals surface area contributed by atoms with Crippen molar-refractivity contribution in [3.05, 3.63) is 29.8 Å². The van der Waals surface area contributed by atoms with Crippen LogP contribution in [0, 0.1) is 0 Å². The van der Waals surface area contributed by atoms with E-state index < -0.39 is 5.97 Å². The fourth-order valence-electron chi connectivity index (χ4n) is 1.71. The SMILES string of the molecule is CCC1=NN(c2ccccc2C(=O)O)C(=O)C1. The zero-order chi connectivity index (χ0) is 12.4. The van der Waals surface area contributed by atoms with Crippen molar-refractivity contribution in [2.24, 2.45) is 5.10 Å². The van der Waals surface area contributed by atoms with Crippen molar-refractivity contribution in [3.8, 4) is 0 Å². The molecule has 1 N–H and O–H groups in total. The largest absolute Gasteiger partial charge is 0.478 e. The molecule has 5 nitrogen and oxygen atoms in total. The molecule has 88 valence electrons. The number of para-hydroxylation sites is 1. The van der Waals surface area contributed by atoms with E-state index in [1.807, 2.05) is 6.92 Å². The number of hydrogen-bond acceptors (Lipinski definition) is 3. The van der Waals surface area contributed by atoms with Crippen LogP contribution in [0.25, 0.3) is 0 Å². The standard InChI is InChI=1S/C12H12N2O3/c1-2-8-7-11(15)14(13-8)10-6-4-3-5-9(10)12(16)17/h3-6H,2,7H2,1H3,(H,16,17). The van der Waals surface area contributed by atoms with Crippen molar-refractivity contribution in [3.63, 3.8) is 0 Å². The van der Waals surface area contributed by atoms with Gasteiger partial charge in [0.2, 0.25) is 0 Å². The number of carboxylic acids is 1. The minimum Gasteiger partial charge on any atom is -0.478 e. The molecule has 1 amide bonds. The van der Waals surface area contributed by atoms with Gasteiger partial charge in [-0.05, 0) is 18.6 Å². The van der Waals surface area contributed by atoms with Crippen LogP contribution in [0.1, 0.15) is 30.1 Å². The third kappa shape index (κ3) is 2.04. The highest BCUT2D eigenvalue weighted by atomic mass is 16.4. The molecule has 0 unspecified atom stereocenters. The monoisotopic (exact) mass is 232 g/mol. The molecule has 2 rings (SSSR count). The van der Waals surface area contributed by atoms with Gasteiger partial charge in [-0.15, -0.1) is 0 Å². The third-order valence-corrected chi connectivity index (χ3v) is 2.60. The van der Waals surface area contributed by atoms with E-state index in [1.54, 1.807) is 18.2 Å². The molecule has 1 aromatic carbocycles. The first-order chi connectivity index (χ1) is 8.13. The first-order valence-electron chi connectivity index (χ1n) is 5.35. The van der Waals surface area contributed by atoms with Gasteiger partial charge in [0.15, 0.2) is 0 Å². The highest BCUT2D eigenvalue weighted by Gasteiger charge is 2.27. The second-order valence-electron chi connectivity index (χ2n) is 3.72. The van der Waals surface area contributed by atoms with Crippen molar-refractivity contribution in [2.45, 2.75) is 19.8 Å². The van der Waals surface area contributed by atoms with Crippen molar-refractivity contribution in [1.29, 1.82) is 0 Å². The number of anilines is 1. The molecular weight excluding hydrogens is 220 g/mol. The summed E-state index contributed by atoms with van der Waals surface area (Å²) in [6.45, 7) is 1.92. The Morgan fingerprint density at radius 1 is 1.47 bits per heavy atom. The summed E-state index contributed by atoms with van der Waals surface area (Å²) in [5.74, 6) is -1.25. The van der Waals surface area contributed by atoms with E-state index in [2.05, 4.69) is 5.10 Å². The van der Waals surface area contributed by atoms with Crippen molar-refractivity contribution < 1.29 is 14.7 Å². The molecular formula is C12H12N2O3. The lowest BCUT2D eigenvalue weighted by Gasteiger charge is -2.13. The second-order valence-corrected chi connectivity index (χ2v) is 3.72. The van der Waals surface area contributed by atoms with E-state index in [9.17, 15) is 9.59 Å². The maximum Gasteiger partial charge on any atom is 0.337 e. The van der Waals surface area contributed by atoms with Crippen molar-refractivity contribution >= 4 is 23.3 Å². The molecule has 5 heteroatoms. The van der Waals surface area contributed by atoms with Gasteiger partial charge in [-0.2, -0.15) is 10.1 Å². The Morgan fingerprint density at radius 3 is 2.76 bits per heavy atom. The van der Waals surface area contributed by atoms with Gasteiger partial charge in [-0.3, -0.25) is 4.79 Å². The van der Waals surface area contributed by atoms with Crippen LogP contribution in [0.4, 0.5) is 5.69 Å². The molecule has 0 radical (unpaired) electrons. The van der Waals surface area contributed by atoms with E-state index in [0.29, 0.717) is 12.1 Å². The molecule has 0 aliphatic carbocycles. The Bertz CT molecular complexity index is 508. The third-order valence-electron chi connectivity index (χ3n) is 2.60. The van der Waals surface area contributed by atoms with Crippen LogP contribution in [0.5, 0.6) is 0 Å². The Morgan fingerprint density at radius 2 is 2.18 bits per heavy atom. The number of hydrazone groups is 1. The Labute approximate surface area is 98.4 Å². The number of carbonyl (C=O) groups excluding carboxylic acids is 1. The van der Waals surface area contributed by atoms with Crippen LogP contribution in [0.3, 0.4) is 0 Å². The van der Waals surface area contributed by atoms with E-state index in [-0.39, 0.29) is 17.9 Å². The first kappa shape index (κ1) is 11.3. The number of hydrogen-bond donors (Lipinski definition) is 1. The van der Waals surface area contributed by atoms with Gasteiger partial charge in [-0.1, -0.05) is 19.1 Å². The van der Waals surface area contributed by atoms with E-state index in [0.717, 1.165) is 5.71 Å². The molecule has 0 saturated heterocycles. The van der Waals surface area contributed by atoms with Gasteiger partial charge in [0.25, 0.3) is 5.91 Å². The summed E-state index contributed by atoms with van der Waals surface area (Å²) in [6, 6.07) is 6.36. The number of rotatable bonds is 3. The Balaban J connectivity index is 2.44. The fraction of sp³-hybridized carbons (Fsp3) is 0.250. The normalized spacial score (nSPS) is 15.0. The molecule has 0 spiro atoms. The summed E-state index contributed by atoms with van der Waals surface area (Å²) < 4.78 is 0. The summed E-state index contributed by atoms with van der Waals surface area (Å²) in [5.41, 5.74) is 1.19.